The molecule has 8 heteroatoms. The molecule has 2 N–H and O–H groups in total. The summed E-state index contributed by atoms with van der Waals surface area (Å²) in [7, 11) is 1.60. The summed E-state index contributed by atoms with van der Waals surface area (Å²) < 4.78 is 16.8. The van der Waals surface area contributed by atoms with Gasteiger partial charge in [0.2, 0.25) is 0 Å². The summed E-state index contributed by atoms with van der Waals surface area (Å²) in [5.74, 6) is 2.32. The van der Waals surface area contributed by atoms with Crippen LogP contribution in [0.3, 0.4) is 0 Å². The van der Waals surface area contributed by atoms with E-state index in [-0.39, 0.29) is 12.4 Å². The predicted molar refractivity (Wildman–Crippen MR) is 120 cm³/mol. The monoisotopic (exact) mass is 456 g/mol. The van der Waals surface area contributed by atoms with E-state index >= 15 is 0 Å². The van der Waals surface area contributed by atoms with Gasteiger partial charge in [0.15, 0.2) is 5.75 Å². The first-order valence-electron chi connectivity index (χ1n) is 9.29. The van der Waals surface area contributed by atoms with Crippen LogP contribution in [0.2, 0.25) is 10.0 Å². The van der Waals surface area contributed by atoms with Gasteiger partial charge in [-0.05, 0) is 48.5 Å². The van der Waals surface area contributed by atoms with E-state index in [9.17, 15) is 5.11 Å². The molecule has 4 rings (SSSR count). The van der Waals surface area contributed by atoms with Gasteiger partial charge < -0.3 is 19.3 Å². The van der Waals surface area contributed by atoms with Crippen molar-refractivity contribution in [1.82, 2.24) is 10.2 Å². The van der Waals surface area contributed by atoms with E-state index in [1.54, 1.807) is 67.9 Å². The van der Waals surface area contributed by atoms with Crippen molar-refractivity contribution in [2.45, 2.75) is 6.61 Å². The van der Waals surface area contributed by atoms with Gasteiger partial charge in [0, 0.05) is 27.2 Å². The maximum Gasteiger partial charge on any atom is 0.173 e. The molecule has 3 aromatic carbocycles. The largest absolute Gasteiger partial charge is 0.507 e. The molecular formula is C23H18Cl2N2O4. The summed E-state index contributed by atoms with van der Waals surface area (Å²) >= 11 is 12.1. The maximum absolute atomic E-state index is 10.6. The number of aromatic hydroxyl groups is 1. The highest BCUT2D eigenvalue weighted by Crippen LogP contribution is 2.38. The fraction of sp³-hybridized carbons (Fsp3) is 0.0870. The first-order chi connectivity index (χ1) is 15.0. The normalized spacial score (nSPS) is 10.7. The average Bonchev–Trinajstić information content (AvgIpc) is 3.21. The van der Waals surface area contributed by atoms with E-state index < -0.39 is 0 Å². The average molecular weight is 457 g/mol. The summed E-state index contributed by atoms with van der Waals surface area (Å²) in [5.41, 5.74) is 1.86. The minimum Gasteiger partial charge on any atom is -0.507 e. The maximum atomic E-state index is 10.6. The Hall–Kier alpha value is -3.35. The Bertz CT molecular complexity index is 1190. The molecule has 158 valence electrons. The topological polar surface area (TPSA) is 76.6 Å². The number of halogens is 2. The van der Waals surface area contributed by atoms with E-state index in [0.29, 0.717) is 38.6 Å². The lowest BCUT2D eigenvalue weighted by Gasteiger charge is -2.11. The van der Waals surface area contributed by atoms with Gasteiger partial charge in [-0.15, -0.1) is 0 Å². The SMILES string of the molecule is COc1ccc(Oc2cn[nH]c2-c2ccc(OCc3ccc(Cl)cc3Cl)cc2O)cc1. The quantitative estimate of drug-likeness (QED) is 0.333. The third-order valence-corrected chi connectivity index (χ3v) is 5.13. The van der Waals surface area contributed by atoms with Crippen LogP contribution in [0.1, 0.15) is 5.56 Å². The van der Waals surface area contributed by atoms with Crippen LogP contribution >= 0.6 is 23.2 Å². The Morgan fingerprint density at radius 2 is 1.68 bits per heavy atom. The molecule has 1 aromatic heterocycles. The smallest absolute Gasteiger partial charge is 0.173 e. The molecule has 0 amide bonds. The van der Waals surface area contributed by atoms with Gasteiger partial charge in [0.05, 0.1) is 13.3 Å². The van der Waals surface area contributed by atoms with Crippen molar-refractivity contribution in [3.8, 4) is 40.0 Å². The van der Waals surface area contributed by atoms with Crippen LogP contribution in [0, 0.1) is 0 Å². The Kier molecular flexibility index (Phi) is 6.21. The zero-order valence-corrected chi connectivity index (χ0v) is 17.9. The van der Waals surface area contributed by atoms with Crippen molar-refractivity contribution in [2.24, 2.45) is 0 Å². The Balaban J connectivity index is 1.50. The molecule has 0 radical (unpaired) electrons. The number of methoxy groups -OCH3 is 1. The van der Waals surface area contributed by atoms with Crippen molar-refractivity contribution >= 4 is 23.2 Å². The molecule has 0 atom stereocenters. The van der Waals surface area contributed by atoms with Gasteiger partial charge in [0.1, 0.15) is 35.3 Å². The molecule has 4 aromatic rings. The highest BCUT2D eigenvalue weighted by Gasteiger charge is 2.15. The highest BCUT2D eigenvalue weighted by atomic mass is 35.5. The molecule has 0 unspecified atom stereocenters. The molecule has 0 aliphatic rings. The third kappa shape index (κ3) is 4.87. The van der Waals surface area contributed by atoms with E-state index in [1.165, 1.54) is 6.07 Å². The molecule has 0 saturated heterocycles. The lowest BCUT2D eigenvalue weighted by molar-refractivity contribution is 0.304. The number of nitrogens with zero attached hydrogens (tertiary/aromatic N) is 1. The molecule has 1 heterocycles. The van der Waals surface area contributed by atoms with Crippen molar-refractivity contribution in [2.75, 3.05) is 7.11 Å². The predicted octanol–water partition coefficient (Wildman–Crippen LogP) is 6.47. The minimum atomic E-state index is 0.0172. The lowest BCUT2D eigenvalue weighted by atomic mass is 10.1. The van der Waals surface area contributed by atoms with E-state index in [4.69, 9.17) is 37.4 Å². The number of hydrogen-bond donors (Lipinski definition) is 2. The standard InChI is InChI=1S/C23H18Cl2N2O4/c1-29-16-4-6-17(7-5-16)31-22-12-26-27-23(22)19-9-8-18(11-21(19)28)30-13-14-2-3-15(24)10-20(14)25/h2-12,28H,13H2,1H3,(H,26,27). The van der Waals surface area contributed by atoms with Crippen molar-refractivity contribution in [3.63, 3.8) is 0 Å². The first kappa shape index (κ1) is 20.9. The number of phenolic OH excluding ortho intramolecular Hbond substituents is 1. The number of phenols is 1. The first-order valence-corrected chi connectivity index (χ1v) is 10.0. The minimum absolute atomic E-state index is 0.0172. The van der Waals surface area contributed by atoms with E-state index in [2.05, 4.69) is 10.2 Å². The molecule has 0 bridgehead atoms. The summed E-state index contributed by atoms with van der Waals surface area (Å²) in [6.45, 7) is 0.241. The third-order valence-electron chi connectivity index (χ3n) is 4.54. The number of H-pyrrole nitrogens is 1. The highest BCUT2D eigenvalue weighted by molar-refractivity contribution is 6.35. The Labute approximate surface area is 188 Å². The summed E-state index contributed by atoms with van der Waals surface area (Å²) in [5, 5.41) is 18.6. The van der Waals surface area contributed by atoms with Gasteiger partial charge in [-0.25, -0.2) is 0 Å². The van der Waals surface area contributed by atoms with Gasteiger partial charge in [-0.3, -0.25) is 5.10 Å². The van der Waals surface area contributed by atoms with Gasteiger partial charge >= 0.3 is 0 Å². The summed E-state index contributed by atoms with van der Waals surface area (Å²) in [6, 6.07) is 17.4. The van der Waals surface area contributed by atoms with Crippen LogP contribution in [0.15, 0.2) is 66.9 Å². The van der Waals surface area contributed by atoms with E-state index in [1.807, 2.05) is 0 Å². The second-order valence-corrected chi connectivity index (χ2v) is 7.43. The number of hydrogen-bond acceptors (Lipinski definition) is 5. The molecule has 31 heavy (non-hydrogen) atoms. The van der Waals surface area contributed by atoms with Crippen LogP contribution in [0.5, 0.6) is 28.7 Å². The molecule has 6 nitrogen and oxygen atoms in total. The van der Waals surface area contributed by atoms with Crippen LogP contribution in [-0.2, 0) is 6.61 Å². The molecule has 0 fully saturated rings. The Morgan fingerprint density at radius 3 is 2.39 bits per heavy atom. The summed E-state index contributed by atoms with van der Waals surface area (Å²) in [4.78, 5) is 0. The van der Waals surface area contributed by atoms with Crippen LogP contribution in [-0.4, -0.2) is 22.4 Å². The number of rotatable bonds is 7. The second kappa shape index (κ2) is 9.20. The number of aromatic amines is 1. The molecule has 0 aliphatic heterocycles. The zero-order chi connectivity index (χ0) is 21.8. The van der Waals surface area contributed by atoms with E-state index in [0.717, 1.165) is 11.3 Å². The van der Waals surface area contributed by atoms with Crippen molar-refractivity contribution in [1.29, 1.82) is 0 Å². The van der Waals surface area contributed by atoms with Crippen LogP contribution in [0.25, 0.3) is 11.3 Å². The zero-order valence-electron chi connectivity index (χ0n) is 16.4. The fourth-order valence-electron chi connectivity index (χ4n) is 2.93. The number of benzene rings is 3. The molecule has 0 saturated carbocycles. The number of aromatic nitrogens is 2. The second-order valence-electron chi connectivity index (χ2n) is 6.59. The number of nitrogens with one attached hydrogen (secondary N) is 1. The van der Waals surface area contributed by atoms with Gasteiger partial charge in [0.25, 0.3) is 0 Å². The number of ether oxygens (including phenoxy) is 3. The van der Waals surface area contributed by atoms with Crippen molar-refractivity contribution < 1.29 is 19.3 Å². The summed E-state index contributed by atoms with van der Waals surface area (Å²) in [6.07, 6.45) is 1.55. The molecule has 0 aliphatic carbocycles. The Morgan fingerprint density at radius 1 is 0.935 bits per heavy atom. The molecular weight excluding hydrogens is 439 g/mol. The van der Waals surface area contributed by atoms with Crippen molar-refractivity contribution in [3.05, 3.63) is 82.5 Å². The van der Waals surface area contributed by atoms with Gasteiger partial charge in [-0.2, -0.15) is 5.10 Å². The van der Waals surface area contributed by atoms with Crippen LogP contribution in [0.4, 0.5) is 0 Å². The molecule has 0 spiro atoms. The lowest BCUT2D eigenvalue weighted by Crippen LogP contribution is -1.96. The van der Waals surface area contributed by atoms with Gasteiger partial charge in [-0.1, -0.05) is 29.3 Å². The fourth-order valence-corrected chi connectivity index (χ4v) is 3.39. The van der Waals surface area contributed by atoms with Crippen LogP contribution < -0.4 is 14.2 Å².